The summed E-state index contributed by atoms with van der Waals surface area (Å²) in [5, 5.41) is 12.4. The van der Waals surface area contributed by atoms with E-state index in [2.05, 4.69) is 9.80 Å². The lowest BCUT2D eigenvalue weighted by molar-refractivity contribution is 0.0406. The Kier molecular flexibility index (Phi) is 7.19. The first-order chi connectivity index (χ1) is 22.0. The molecule has 2 unspecified atom stereocenters. The Balaban J connectivity index is 1.33. The van der Waals surface area contributed by atoms with Gasteiger partial charge in [0.25, 0.3) is 0 Å². The summed E-state index contributed by atoms with van der Waals surface area (Å²) in [4.78, 5) is 14.5. The van der Waals surface area contributed by atoms with E-state index >= 15 is 8.78 Å². The van der Waals surface area contributed by atoms with Crippen LogP contribution < -0.4 is 14.4 Å². The fourth-order valence-corrected chi connectivity index (χ4v) is 8.48. The van der Waals surface area contributed by atoms with Gasteiger partial charge >= 0.3 is 0 Å². The maximum absolute atomic E-state index is 17.1. The molecule has 4 aliphatic rings. The van der Waals surface area contributed by atoms with Crippen molar-refractivity contribution in [2.75, 3.05) is 37.7 Å². The zero-order valence-electron chi connectivity index (χ0n) is 25.9. The molecule has 1 N–H and O–H groups in total. The molecule has 4 aromatic rings. The van der Waals surface area contributed by atoms with Crippen molar-refractivity contribution in [1.29, 1.82) is 0 Å². The summed E-state index contributed by atoms with van der Waals surface area (Å²) in [6.07, 6.45) is 10.4. The van der Waals surface area contributed by atoms with Crippen LogP contribution in [-0.2, 0) is 6.42 Å². The molecular weight excluding hydrogens is 574 g/mol. The molecule has 3 fully saturated rings. The molecule has 0 radical (unpaired) electrons. The van der Waals surface area contributed by atoms with Crippen molar-refractivity contribution in [3.05, 3.63) is 47.5 Å². The molecule has 0 spiro atoms. The third-order valence-corrected chi connectivity index (χ3v) is 10.7. The summed E-state index contributed by atoms with van der Waals surface area (Å²) in [6, 6.07) is 8.12. The number of halogens is 2. The third kappa shape index (κ3) is 4.77. The maximum Gasteiger partial charge on any atom is 0.225 e. The number of pyridine rings is 2. The largest absolute Gasteiger partial charge is 0.508 e. The summed E-state index contributed by atoms with van der Waals surface area (Å²) in [5.41, 5.74) is 1.73. The van der Waals surface area contributed by atoms with Crippen LogP contribution in [0.5, 0.6) is 17.5 Å². The summed E-state index contributed by atoms with van der Waals surface area (Å²) in [5.74, 6) is -0.348. The molecule has 3 saturated heterocycles. The smallest absolute Gasteiger partial charge is 0.225 e. The van der Waals surface area contributed by atoms with E-state index in [0.717, 1.165) is 70.3 Å². The lowest BCUT2D eigenvalue weighted by Crippen LogP contribution is -2.51. The van der Waals surface area contributed by atoms with Crippen molar-refractivity contribution in [3.63, 3.8) is 0 Å². The van der Waals surface area contributed by atoms with E-state index in [4.69, 9.17) is 19.4 Å². The Hall–Kier alpha value is -3.72. The first kappa shape index (κ1) is 28.7. The number of aromatic hydroxyl groups is 1. The molecule has 0 amide bonds. The van der Waals surface area contributed by atoms with Gasteiger partial charge in [-0.2, -0.15) is 0 Å². The van der Waals surface area contributed by atoms with Crippen LogP contribution in [0.4, 0.5) is 14.5 Å². The summed E-state index contributed by atoms with van der Waals surface area (Å²) in [6.45, 7) is 5.83. The van der Waals surface area contributed by atoms with Gasteiger partial charge in [-0.1, -0.05) is 32.3 Å². The molecule has 236 valence electrons. The van der Waals surface area contributed by atoms with Crippen molar-refractivity contribution in [2.24, 2.45) is 0 Å². The van der Waals surface area contributed by atoms with Crippen LogP contribution in [0.15, 0.2) is 30.3 Å². The number of hydrogen-bond donors (Lipinski definition) is 1. The van der Waals surface area contributed by atoms with Crippen molar-refractivity contribution >= 4 is 27.4 Å². The molecule has 8 rings (SSSR count). The Morgan fingerprint density at radius 1 is 0.978 bits per heavy atom. The van der Waals surface area contributed by atoms with Crippen LogP contribution in [0.25, 0.3) is 32.9 Å². The van der Waals surface area contributed by atoms with Crippen molar-refractivity contribution in [3.8, 4) is 28.8 Å². The summed E-state index contributed by atoms with van der Waals surface area (Å²) in [7, 11) is 0. The van der Waals surface area contributed by atoms with E-state index < -0.39 is 5.82 Å². The number of anilines is 1. The van der Waals surface area contributed by atoms with Gasteiger partial charge in [-0.3, -0.25) is 4.90 Å². The van der Waals surface area contributed by atoms with Gasteiger partial charge in [0.05, 0.1) is 22.7 Å². The highest BCUT2D eigenvalue weighted by molar-refractivity contribution is 6.04. The minimum atomic E-state index is -0.631. The Morgan fingerprint density at radius 3 is 2.71 bits per heavy atom. The fourth-order valence-electron chi connectivity index (χ4n) is 8.48. The standard InChI is InChI=1S/C36H40F2N4O3/c1-2-25-27(37)11-10-22-17-24(43)18-26(30(22)25)33-32(38)34-31-28(42-16-6-3-4-9-23(42)20-44-35(31)40-33)19-29(39-34)45-21-36-12-5-7-14-41(36)15-8-13-36/h10-11,17-19,23,43H,2-9,12-16,20-21H2,1H3. The van der Waals surface area contributed by atoms with Crippen molar-refractivity contribution in [1.82, 2.24) is 14.9 Å². The average molecular weight is 615 g/mol. The van der Waals surface area contributed by atoms with Crippen LogP contribution in [-0.4, -0.2) is 64.4 Å². The molecule has 2 aromatic carbocycles. The number of aryl methyl sites for hydroxylation is 1. The summed E-state index contributed by atoms with van der Waals surface area (Å²) >= 11 is 0. The molecular formula is C36H40F2N4O3. The normalized spacial score (nSPS) is 23.4. The second kappa shape index (κ2) is 11.3. The van der Waals surface area contributed by atoms with Crippen LogP contribution >= 0.6 is 0 Å². The number of phenols is 1. The maximum atomic E-state index is 17.1. The van der Waals surface area contributed by atoms with Gasteiger partial charge in [0, 0.05) is 18.2 Å². The van der Waals surface area contributed by atoms with E-state index in [1.165, 1.54) is 25.0 Å². The van der Waals surface area contributed by atoms with E-state index in [0.29, 0.717) is 58.7 Å². The SMILES string of the molecule is CCc1c(F)ccc2cc(O)cc(-c3nc4c5c(cc(OCC67CCCCN6CCC7)nc5c3F)N3CCCCCC3CO4)c12. The molecule has 9 heteroatoms. The minimum Gasteiger partial charge on any atom is -0.508 e. The second-order valence-corrected chi connectivity index (χ2v) is 13.3. The monoisotopic (exact) mass is 614 g/mol. The average Bonchev–Trinajstić information content (AvgIpc) is 3.25. The first-order valence-corrected chi connectivity index (χ1v) is 16.7. The topological polar surface area (TPSA) is 71.0 Å². The van der Waals surface area contributed by atoms with Gasteiger partial charge in [0.15, 0.2) is 5.82 Å². The number of fused-ring (bicyclic) bond motifs is 4. The number of ether oxygens (including phenoxy) is 2. The Labute approximate surface area is 262 Å². The minimum absolute atomic E-state index is 0.00543. The summed E-state index contributed by atoms with van der Waals surface area (Å²) < 4.78 is 45.1. The van der Waals surface area contributed by atoms with Gasteiger partial charge in [-0.05, 0) is 92.6 Å². The van der Waals surface area contributed by atoms with Gasteiger partial charge in [0.2, 0.25) is 11.8 Å². The van der Waals surface area contributed by atoms with Crippen LogP contribution in [0.1, 0.15) is 70.3 Å². The Morgan fingerprint density at radius 2 is 1.82 bits per heavy atom. The lowest BCUT2D eigenvalue weighted by atomic mass is 9.87. The van der Waals surface area contributed by atoms with Crippen molar-refractivity contribution in [2.45, 2.75) is 82.7 Å². The third-order valence-electron chi connectivity index (χ3n) is 10.7. The van der Waals surface area contributed by atoms with Crippen LogP contribution in [0, 0.1) is 11.6 Å². The van der Waals surface area contributed by atoms with Gasteiger partial charge in [-0.15, -0.1) is 0 Å². The van der Waals surface area contributed by atoms with Gasteiger partial charge in [0.1, 0.15) is 36.0 Å². The molecule has 4 aliphatic heterocycles. The first-order valence-electron chi connectivity index (χ1n) is 16.7. The number of rotatable bonds is 5. The van der Waals surface area contributed by atoms with E-state index in [9.17, 15) is 5.11 Å². The van der Waals surface area contributed by atoms with Gasteiger partial charge in [-0.25, -0.2) is 18.7 Å². The Bertz CT molecular complexity index is 1800. The number of nitrogens with zero attached hydrogens (tertiary/aromatic N) is 4. The van der Waals surface area contributed by atoms with E-state index in [1.54, 1.807) is 12.1 Å². The zero-order chi connectivity index (χ0) is 30.7. The van der Waals surface area contributed by atoms with Crippen LogP contribution in [0.3, 0.4) is 0 Å². The molecule has 45 heavy (non-hydrogen) atoms. The number of hydrogen-bond acceptors (Lipinski definition) is 7. The molecule has 7 nitrogen and oxygen atoms in total. The lowest BCUT2D eigenvalue weighted by Gasteiger charge is -2.42. The molecule has 0 saturated carbocycles. The van der Waals surface area contributed by atoms with E-state index in [-0.39, 0.29) is 34.4 Å². The molecule has 2 atom stereocenters. The number of aromatic nitrogens is 2. The number of piperidine rings is 1. The predicted octanol–water partition coefficient (Wildman–Crippen LogP) is 7.53. The highest BCUT2D eigenvalue weighted by atomic mass is 19.1. The molecule has 0 bridgehead atoms. The highest BCUT2D eigenvalue weighted by Gasteiger charge is 2.43. The zero-order valence-corrected chi connectivity index (χ0v) is 25.9. The van der Waals surface area contributed by atoms with Gasteiger partial charge < -0.3 is 19.5 Å². The second-order valence-electron chi connectivity index (χ2n) is 13.3. The number of phenolic OH excluding ortho intramolecular Hbond substituents is 1. The fraction of sp³-hybridized carbons (Fsp3) is 0.500. The van der Waals surface area contributed by atoms with E-state index in [1.807, 2.05) is 13.0 Å². The van der Waals surface area contributed by atoms with Crippen LogP contribution in [0.2, 0.25) is 0 Å². The number of benzene rings is 2. The predicted molar refractivity (Wildman–Crippen MR) is 171 cm³/mol. The molecule has 6 heterocycles. The van der Waals surface area contributed by atoms with Crippen molar-refractivity contribution < 1.29 is 23.4 Å². The quantitative estimate of drug-likeness (QED) is 0.249. The molecule has 0 aliphatic carbocycles. The highest BCUT2D eigenvalue weighted by Crippen LogP contribution is 2.46. The molecule has 2 aromatic heterocycles.